The van der Waals surface area contributed by atoms with Crippen LogP contribution in [0.3, 0.4) is 0 Å². The summed E-state index contributed by atoms with van der Waals surface area (Å²) in [4.78, 5) is 0. The average molecular weight is 273 g/mol. The van der Waals surface area contributed by atoms with E-state index in [4.69, 9.17) is 5.11 Å². The SMILES string of the molecule is CC(C)(CCO)CNCc1ccccc1OC(F)F. The lowest BCUT2D eigenvalue weighted by Gasteiger charge is -2.24. The molecule has 0 atom stereocenters. The normalized spacial score (nSPS) is 11.9. The number of rotatable bonds is 8. The lowest BCUT2D eigenvalue weighted by molar-refractivity contribution is -0.0505. The van der Waals surface area contributed by atoms with Crippen molar-refractivity contribution in [1.29, 1.82) is 0 Å². The van der Waals surface area contributed by atoms with Gasteiger partial charge in [-0.15, -0.1) is 0 Å². The lowest BCUT2D eigenvalue weighted by atomic mass is 9.90. The second kappa shape index (κ2) is 7.40. The molecule has 0 saturated carbocycles. The summed E-state index contributed by atoms with van der Waals surface area (Å²) in [5.74, 6) is 0.199. The Morgan fingerprint density at radius 3 is 2.63 bits per heavy atom. The van der Waals surface area contributed by atoms with E-state index in [1.165, 1.54) is 6.07 Å². The first-order valence-electron chi connectivity index (χ1n) is 6.29. The lowest BCUT2D eigenvalue weighted by Crippen LogP contribution is -2.30. The molecule has 1 rings (SSSR count). The minimum Gasteiger partial charge on any atom is -0.434 e. The molecule has 0 unspecified atom stereocenters. The van der Waals surface area contributed by atoms with Gasteiger partial charge in [0.25, 0.3) is 0 Å². The maximum Gasteiger partial charge on any atom is 0.387 e. The first-order chi connectivity index (χ1) is 8.94. The van der Waals surface area contributed by atoms with Crippen LogP contribution in [0.5, 0.6) is 5.75 Å². The summed E-state index contributed by atoms with van der Waals surface area (Å²) in [7, 11) is 0. The molecule has 5 heteroatoms. The molecule has 1 aromatic carbocycles. The second-order valence-corrected chi connectivity index (χ2v) is 5.23. The Kier molecular flexibility index (Phi) is 6.18. The van der Waals surface area contributed by atoms with Crippen molar-refractivity contribution >= 4 is 0 Å². The van der Waals surface area contributed by atoms with Gasteiger partial charge in [-0.3, -0.25) is 0 Å². The van der Waals surface area contributed by atoms with Crippen molar-refractivity contribution in [2.75, 3.05) is 13.2 Å². The highest BCUT2D eigenvalue weighted by Gasteiger charge is 2.17. The number of halogens is 2. The van der Waals surface area contributed by atoms with Gasteiger partial charge < -0.3 is 15.2 Å². The van der Waals surface area contributed by atoms with Crippen molar-refractivity contribution in [1.82, 2.24) is 5.32 Å². The molecular formula is C14H21F2NO2. The Morgan fingerprint density at radius 2 is 2.00 bits per heavy atom. The van der Waals surface area contributed by atoms with Crippen LogP contribution < -0.4 is 10.1 Å². The summed E-state index contributed by atoms with van der Waals surface area (Å²) >= 11 is 0. The molecule has 0 amide bonds. The van der Waals surface area contributed by atoms with Crippen LogP contribution in [0.2, 0.25) is 0 Å². The molecule has 0 aromatic heterocycles. The highest BCUT2D eigenvalue weighted by atomic mass is 19.3. The number of aliphatic hydroxyl groups excluding tert-OH is 1. The Hall–Kier alpha value is -1.20. The van der Waals surface area contributed by atoms with Crippen LogP contribution in [0.4, 0.5) is 8.78 Å². The van der Waals surface area contributed by atoms with Gasteiger partial charge in [0.1, 0.15) is 5.75 Å². The maximum atomic E-state index is 12.2. The zero-order chi connectivity index (χ0) is 14.3. The molecule has 3 nitrogen and oxygen atoms in total. The quantitative estimate of drug-likeness (QED) is 0.765. The van der Waals surface area contributed by atoms with E-state index in [0.717, 1.165) is 0 Å². The fraction of sp³-hybridized carbons (Fsp3) is 0.571. The summed E-state index contributed by atoms with van der Waals surface area (Å²) < 4.78 is 28.9. The fourth-order valence-corrected chi connectivity index (χ4v) is 1.79. The first-order valence-corrected chi connectivity index (χ1v) is 6.29. The van der Waals surface area contributed by atoms with Crippen LogP contribution >= 0.6 is 0 Å². The van der Waals surface area contributed by atoms with Crippen molar-refractivity contribution in [2.45, 2.75) is 33.4 Å². The Labute approximate surface area is 112 Å². The van der Waals surface area contributed by atoms with Gasteiger partial charge in [-0.25, -0.2) is 0 Å². The van der Waals surface area contributed by atoms with E-state index < -0.39 is 6.61 Å². The smallest absolute Gasteiger partial charge is 0.387 e. The summed E-state index contributed by atoms with van der Waals surface area (Å²) in [5.41, 5.74) is 0.662. The van der Waals surface area contributed by atoms with Gasteiger partial charge in [-0.05, 0) is 17.9 Å². The highest BCUT2D eigenvalue weighted by molar-refractivity contribution is 5.33. The van der Waals surface area contributed by atoms with E-state index in [9.17, 15) is 8.78 Å². The van der Waals surface area contributed by atoms with Crippen molar-refractivity contribution < 1.29 is 18.6 Å². The summed E-state index contributed by atoms with van der Waals surface area (Å²) in [6.07, 6.45) is 0.690. The van der Waals surface area contributed by atoms with E-state index in [1.807, 2.05) is 13.8 Å². The Balaban J connectivity index is 2.53. The molecule has 0 aliphatic carbocycles. The molecular weight excluding hydrogens is 252 g/mol. The van der Waals surface area contributed by atoms with Crippen LogP contribution in [-0.4, -0.2) is 24.9 Å². The topological polar surface area (TPSA) is 41.5 Å². The molecule has 0 bridgehead atoms. The van der Waals surface area contributed by atoms with Gasteiger partial charge in [0.2, 0.25) is 0 Å². The summed E-state index contributed by atoms with van der Waals surface area (Å²) in [6, 6.07) is 6.73. The molecule has 19 heavy (non-hydrogen) atoms. The molecule has 0 aliphatic rings. The van der Waals surface area contributed by atoms with E-state index >= 15 is 0 Å². The number of hydrogen-bond donors (Lipinski definition) is 2. The molecule has 0 aliphatic heterocycles. The number of ether oxygens (including phenoxy) is 1. The standard InChI is InChI=1S/C14H21F2NO2/c1-14(2,7-8-18)10-17-9-11-5-3-4-6-12(11)19-13(15)16/h3-6,13,17-18H,7-10H2,1-2H3. The first kappa shape index (κ1) is 15.9. The number of hydrogen-bond acceptors (Lipinski definition) is 3. The van der Waals surface area contributed by atoms with Crippen molar-refractivity contribution in [2.24, 2.45) is 5.41 Å². The van der Waals surface area contributed by atoms with Gasteiger partial charge in [-0.2, -0.15) is 8.78 Å². The number of alkyl halides is 2. The minimum absolute atomic E-state index is 0.0345. The van der Waals surface area contributed by atoms with Crippen LogP contribution in [0.15, 0.2) is 24.3 Å². The van der Waals surface area contributed by atoms with Gasteiger partial charge in [0, 0.05) is 25.3 Å². The van der Waals surface area contributed by atoms with Crippen LogP contribution in [0.25, 0.3) is 0 Å². The Bertz CT molecular complexity index is 383. The van der Waals surface area contributed by atoms with Gasteiger partial charge in [-0.1, -0.05) is 32.0 Å². The summed E-state index contributed by atoms with van der Waals surface area (Å²) in [5, 5.41) is 12.1. The molecule has 0 saturated heterocycles. The third-order valence-corrected chi connectivity index (χ3v) is 2.90. The molecule has 0 fully saturated rings. The highest BCUT2D eigenvalue weighted by Crippen LogP contribution is 2.21. The third-order valence-electron chi connectivity index (χ3n) is 2.90. The van der Waals surface area contributed by atoms with Gasteiger partial charge in [0.05, 0.1) is 0 Å². The zero-order valence-corrected chi connectivity index (χ0v) is 11.3. The number of nitrogens with one attached hydrogen (secondary N) is 1. The predicted molar refractivity (Wildman–Crippen MR) is 70.3 cm³/mol. The molecule has 1 aromatic rings. The predicted octanol–water partition coefficient (Wildman–Crippen LogP) is 2.79. The van der Waals surface area contributed by atoms with Crippen LogP contribution in [0, 0.1) is 5.41 Å². The third kappa shape index (κ3) is 5.98. The Morgan fingerprint density at radius 1 is 1.32 bits per heavy atom. The fourth-order valence-electron chi connectivity index (χ4n) is 1.79. The number of para-hydroxylation sites is 1. The van der Waals surface area contributed by atoms with E-state index in [1.54, 1.807) is 18.2 Å². The largest absolute Gasteiger partial charge is 0.434 e. The average Bonchev–Trinajstić information content (AvgIpc) is 2.30. The van der Waals surface area contributed by atoms with Crippen LogP contribution in [0.1, 0.15) is 25.8 Å². The minimum atomic E-state index is -2.81. The molecule has 0 spiro atoms. The molecule has 108 valence electrons. The van der Waals surface area contributed by atoms with Crippen molar-refractivity contribution in [3.05, 3.63) is 29.8 Å². The molecule has 0 radical (unpaired) electrons. The monoisotopic (exact) mass is 273 g/mol. The summed E-state index contributed by atoms with van der Waals surface area (Å²) in [6.45, 7) is 2.55. The number of aliphatic hydroxyl groups is 1. The van der Waals surface area contributed by atoms with E-state index in [0.29, 0.717) is 25.1 Å². The second-order valence-electron chi connectivity index (χ2n) is 5.23. The van der Waals surface area contributed by atoms with Gasteiger partial charge in [0.15, 0.2) is 0 Å². The molecule has 0 heterocycles. The van der Waals surface area contributed by atoms with Gasteiger partial charge >= 0.3 is 6.61 Å². The van der Waals surface area contributed by atoms with Crippen LogP contribution in [-0.2, 0) is 6.54 Å². The van der Waals surface area contributed by atoms with E-state index in [-0.39, 0.29) is 17.8 Å². The van der Waals surface area contributed by atoms with Crippen molar-refractivity contribution in [3.8, 4) is 5.75 Å². The molecule has 2 N–H and O–H groups in total. The maximum absolute atomic E-state index is 12.2. The van der Waals surface area contributed by atoms with E-state index in [2.05, 4.69) is 10.1 Å². The number of benzene rings is 1. The zero-order valence-electron chi connectivity index (χ0n) is 11.3. The van der Waals surface area contributed by atoms with Crippen molar-refractivity contribution in [3.63, 3.8) is 0 Å².